The maximum absolute atomic E-state index is 10.2. The van der Waals surface area contributed by atoms with Crippen LogP contribution in [0.3, 0.4) is 0 Å². The van der Waals surface area contributed by atoms with Gasteiger partial charge >= 0.3 is 0 Å². The second kappa shape index (κ2) is 5.14. The van der Waals surface area contributed by atoms with Gasteiger partial charge < -0.3 is 9.21 Å². The Morgan fingerprint density at radius 1 is 1.31 bits per heavy atom. The summed E-state index contributed by atoms with van der Waals surface area (Å²) in [6.45, 7) is 0. The molecule has 0 radical (unpaired) electrons. The number of halogens is 1. The molecule has 0 amide bonds. The van der Waals surface area contributed by atoms with Gasteiger partial charge in [0, 0.05) is 10.6 Å². The van der Waals surface area contributed by atoms with Crippen molar-refractivity contribution < 1.29 is 9.21 Å². The zero-order valence-electron chi connectivity index (χ0n) is 8.09. The summed E-state index contributed by atoms with van der Waals surface area (Å²) in [5, 5.41) is 8.72. The summed E-state index contributed by atoms with van der Waals surface area (Å²) >= 11 is 6.97. The van der Waals surface area contributed by atoms with Crippen LogP contribution in [0.1, 0.15) is 0 Å². The van der Waals surface area contributed by atoms with Crippen molar-refractivity contribution in [2.24, 2.45) is 0 Å². The van der Waals surface area contributed by atoms with E-state index in [2.05, 4.69) is 10.2 Å². The summed E-state index contributed by atoms with van der Waals surface area (Å²) in [4.78, 5) is 10.2. The van der Waals surface area contributed by atoms with Gasteiger partial charge in [0.1, 0.15) is 6.29 Å². The molecule has 0 N–H and O–H groups in total. The van der Waals surface area contributed by atoms with Gasteiger partial charge in [-0.2, -0.15) is 0 Å². The van der Waals surface area contributed by atoms with E-state index in [-0.39, 0.29) is 0 Å². The van der Waals surface area contributed by atoms with Gasteiger partial charge in [-0.25, -0.2) is 0 Å². The average molecular weight is 255 g/mol. The predicted octanol–water partition coefficient (Wildman–Crippen LogP) is 2.68. The Morgan fingerprint density at radius 3 is 2.75 bits per heavy atom. The molecule has 0 bridgehead atoms. The second-order valence-corrected chi connectivity index (χ2v) is 4.27. The highest BCUT2D eigenvalue weighted by Crippen LogP contribution is 2.23. The Kier molecular flexibility index (Phi) is 3.58. The van der Waals surface area contributed by atoms with E-state index in [1.807, 2.05) is 0 Å². The van der Waals surface area contributed by atoms with Crippen LogP contribution in [0.4, 0.5) is 0 Å². The lowest BCUT2D eigenvalue weighted by Crippen LogP contribution is -1.78. The number of aromatic nitrogens is 2. The molecule has 4 nitrogen and oxygen atoms in total. The molecule has 1 heterocycles. The van der Waals surface area contributed by atoms with Crippen LogP contribution in [0.5, 0.6) is 0 Å². The zero-order chi connectivity index (χ0) is 11.4. The van der Waals surface area contributed by atoms with Gasteiger partial charge in [0.25, 0.3) is 5.22 Å². The molecule has 0 aliphatic rings. The van der Waals surface area contributed by atoms with E-state index in [0.717, 1.165) is 11.8 Å². The van der Waals surface area contributed by atoms with Crippen molar-refractivity contribution in [3.05, 3.63) is 29.3 Å². The van der Waals surface area contributed by atoms with Gasteiger partial charge in [0.05, 0.1) is 5.75 Å². The molecule has 0 fully saturated rings. The van der Waals surface area contributed by atoms with E-state index >= 15 is 0 Å². The van der Waals surface area contributed by atoms with E-state index < -0.39 is 0 Å². The molecule has 1 aromatic carbocycles. The lowest BCUT2D eigenvalue weighted by molar-refractivity contribution is -0.105. The van der Waals surface area contributed by atoms with Crippen LogP contribution in [0.2, 0.25) is 5.02 Å². The maximum atomic E-state index is 10.2. The molecule has 1 aromatic heterocycles. The van der Waals surface area contributed by atoms with Crippen molar-refractivity contribution in [1.82, 2.24) is 10.2 Å². The highest BCUT2D eigenvalue weighted by Gasteiger charge is 2.08. The highest BCUT2D eigenvalue weighted by molar-refractivity contribution is 7.99. The third-order valence-electron chi connectivity index (χ3n) is 1.77. The molecule has 0 saturated carbocycles. The van der Waals surface area contributed by atoms with Gasteiger partial charge in [0.15, 0.2) is 0 Å². The Morgan fingerprint density at radius 2 is 2.06 bits per heavy atom. The summed E-state index contributed by atoms with van der Waals surface area (Å²) in [6, 6.07) is 7.09. The van der Waals surface area contributed by atoms with Crippen LogP contribution in [0.15, 0.2) is 33.9 Å². The number of hydrogen-bond acceptors (Lipinski definition) is 5. The van der Waals surface area contributed by atoms with E-state index in [1.54, 1.807) is 24.3 Å². The van der Waals surface area contributed by atoms with Crippen molar-refractivity contribution in [3.8, 4) is 11.5 Å². The number of rotatable bonds is 4. The Hall–Kier alpha value is -1.33. The van der Waals surface area contributed by atoms with E-state index in [1.165, 1.54) is 11.8 Å². The van der Waals surface area contributed by atoms with Crippen LogP contribution in [-0.4, -0.2) is 22.2 Å². The van der Waals surface area contributed by atoms with Gasteiger partial charge in [-0.3, -0.25) is 0 Å². The zero-order valence-corrected chi connectivity index (χ0v) is 9.66. The standard InChI is InChI=1S/C10H7ClN2O2S/c11-8-3-1-7(2-4-8)9-12-13-10(15-9)16-6-5-14/h1-5H,6H2. The van der Waals surface area contributed by atoms with Crippen LogP contribution >= 0.6 is 23.4 Å². The van der Waals surface area contributed by atoms with Crippen molar-refractivity contribution in [2.75, 3.05) is 5.75 Å². The van der Waals surface area contributed by atoms with Crippen LogP contribution in [-0.2, 0) is 4.79 Å². The van der Waals surface area contributed by atoms with Crippen molar-refractivity contribution in [2.45, 2.75) is 5.22 Å². The number of benzene rings is 1. The normalized spacial score (nSPS) is 10.3. The molecule has 16 heavy (non-hydrogen) atoms. The minimum atomic E-state index is 0.308. The molecule has 2 aromatic rings. The summed E-state index contributed by atoms with van der Waals surface area (Å²) < 4.78 is 5.35. The smallest absolute Gasteiger partial charge is 0.277 e. The molecular weight excluding hydrogens is 248 g/mol. The first kappa shape index (κ1) is 11.2. The first-order chi connectivity index (χ1) is 7.79. The summed E-state index contributed by atoms with van der Waals surface area (Å²) in [5.41, 5.74) is 0.801. The van der Waals surface area contributed by atoms with Gasteiger partial charge in [-0.15, -0.1) is 10.2 Å². The van der Waals surface area contributed by atoms with Crippen LogP contribution < -0.4 is 0 Å². The lowest BCUT2D eigenvalue weighted by atomic mass is 10.2. The number of hydrogen-bond donors (Lipinski definition) is 0. The molecule has 0 unspecified atom stereocenters. The molecule has 82 valence electrons. The fraction of sp³-hybridized carbons (Fsp3) is 0.100. The summed E-state index contributed by atoms with van der Waals surface area (Å²) in [5.74, 6) is 0.729. The largest absolute Gasteiger partial charge is 0.411 e. The SMILES string of the molecule is O=CCSc1nnc(-c2ccc(Cl)cc2)o1. The topological polar surface area (TPSA) is 56.0 Å². The molecule has 6 heteroatoms. The van der Waals surface area contributed by atoms with Gasteiger partial charge in [-0.05, 0) is 24.3 Å². The average Bonchev–Trinajstić information content (AvgIpc) is 2.76. The Balaban J connectivity index is 2.17. The highest BCUT2D eigenvalue weighted by atomic mass is 35.5. The predicted molar refractivity (Wildman–Crippen MR) is 61.5 cm³/mol. The summed E-state index contributed by atoms with van der Waals surface area (Å²) in [7, 11) is 0. The Labute approximate surface area is 101 Å². The third-order valence-corrected chi connectivity index (χ3v) is 2.74. The van der Waals surface area contributed by atoms with E-state index in [0.29, 0.717) is 21.9 Å². The maximum Gasteiger partial charge on any atom is 0.277 e. The molecule has 0 aliphatic heterocycles. The van der Waals surface area contributed by atoms with Crippen LogP contribution in [0.25, 0.3) is 11.5 Å². The quantitative estimate of drug-likeness (QED) is 0.620. The third kappa shape index (κ3) is 2.62. The van der Waals surface area contributed by atoms with Gasteiger partial charge in [0.2, 0.25) is 5.89 Å². The minimum absolute atomic E-state index is 0.308. The number of nitrogens with zero attached hydrogens (tertiary/aromatic N) is 2. The second-order valence-electron chi connectivity index (χ2n) is 2.86. The molecule has 0 aliphatic carbocycles. The number of aldehydes is 1. The van der Waals surface area contributed by atoms with Crippen LogP contribution in [0, 0.1) is 0 Å². The fourth-order valence-electron chi connectivity index (χ4n) is 1.08. The molecule has 2 rings (SSSR count). The molecular formula is C10H7ClN2O2S. The summed E-state index contributed by atoms with van der Waals surface area (Å²) in [6.07, 6.45) is 0.789. The van der Waals surface area contributed by atoms with Crippen molar-refractivity contribution in [3.63, 3.8) is 0 Å². The monoisotopic (exact) mass is 254 g/mol. The van der Waals surface area contributed by atoms with E-state index in [4.69, 9.17) is 16.0 Å². The number of carbonyl (C=O) groups excluding carboxylic acids is 1. The van der Waals surface area contributed by atoms with Gasteiger partial charge in [-0.1, -0.05) is 23.4 Å². The van der Waals surface area contributed by atoms with Crippen molar-refractivity contribution >= 4 is 29.6 Å². The number of thioether (sulfide) groups is 1. The fourth-order valence-corrected chi connectivity index (χ4v) is 1.66. The Bertz CT molecular complexity index is 484. The first-order valence-electron chi connectivity index (χ1n) is 4.45. The number of carbonyl (C=O) groups is 1. The molecule has 0 spiro atoms. The lowest BCUT2D eigenvalue weighted by Gasteiger charge is -1.93. The van der Waals surface area contributed by atoms with Crippen molar-refractivity contribution in [1.29, 1.82) is 0 Å². The van der Waals surface area contributed by atoms with E-state index in [9.17, 15) is 4.79 Å². The minimum Gasteiger partial charge on any atom is -0.411 e. The first-order valence-corrected chi connectivity index (χ1v) is 5.82. The molecule has 0 atom stereocenters. The molecule has 0 saturated heterocycles.